The lowest BCUT2D eigenvalue weighted by molar-refractivity contribution is -0.125. The maximum Gasteiger partial charge on any atom is 0.409 e. The highest BCUT2D eigenvalue weighted by atomic mass is 35.5. The number of sulfonamides is 1. The Bertz CT molecular complexity index is 1120. The monoisotopic (exact) mass is 571 g/mol. The molecule has 14 heteroatoms. The van der Waals surface area contributed by atoms with Gasteiger partial charge in [-0.2, -0.15) is 0 Å². The smallest absolute Gasteiger partial charge is 0.409 e. The van der Waals surface area contributed by atoms with Gasteiger partial charge < -0.3 is 19.7 Å². The molecule has 0 aromatic carbocycles. The van der Waals surface area contributed by atoms with Gasteiger partial charge in [0.25, 0.3) is 5.91 Å². The molecule has 0 radical (unpaired) electrons. The Kier molecular flexibility index (Phi) is 8.99. The van der Waals surface area contributed by atoms with Crippen LogP contribution in [0, 0.1) is 5.92 Å². The Morgan fingerprint density at radius 3 is 2.45 bits per heavy atom. The van der Waals surface area contributed by atoms with Crippen molar-refractivity contribution in [2.24, 2.45) is 5.92 Å². The van der Waals surface area contributed by atoms with E-state index in [-0.39, 0.29) is 19.2 Å². The maximum absolute atomic E-state index is 13.5. The minimum atomic E-state index is -3.91. The summed E-state index contributed by atoms with van der Waals surface area (Å²) in [5.74, 6) is -1.24. The number of ether oxygens (including phenoxy) is 2. The third kappa shape index (κ3) is 6.49. The summed E-state index contributed by atoms with van der Waals surface area (Å²) in [6.45, 7) is 3.39. The first-order valence-corrected chi connectivity index (χ1v) is 14.9. The maximum atomic E-state index is 13.5. The highest BCUT2D eigenvalue weighted by Gasteiger charge is 2.55. The van der Waals surface area contributed by atoms with Crippen LogP contribution in [-0.4, -0.2) is 90.8 Å². The molecule has 0 spiro atoms. The molecule has 3 saturated heterocycles. The van der Waals surface area contributed by atoms with E-state index in [1.54, 1.807) is 17.0 Å². The van der Waals surface area contributed by atoms with Crippen LogP contribution in [-0.2, 0) is 19.6 Å². The van der Waals surface area contributed by atoms with Crippen LogP contribution < -0.4 is 15.4 Å². The Morgan fingerprint density at radius 2 is 1.87 bits per heavy atom. The molecule has 4 heterocycles. The molecule has 4 amide bonds. The number of pyridine rings is 1. The van der Waals surface area contributed by atoms with Crippen LogP contribution >= 0.6 is 11.6 Å². The summed E-state index contributed by atoms with van der Waals surface area (Å²) in [4.78, 5) is 43.2. The van der Waals surface area contributed by atoms with Crippen molar-refractivity contribution in [1.29, 1.82) is 0 Å². The fourth-order valence-corrected chi connectivity index (χ4v) is 7.25. The predicted octanol–water partition coefficient (Wildman–Crippen LogP) is 2.13. The summed E-state index contributed by atoms with van der Waals surface area (Å²) in [6.07, 6.45) is 4.16. The fourth-order valence-electron chi connectivity index (χ4n) is 5.17. The molecule has 1 unspecified atom stereocenters. The van der Waals surface area contributed by atoms with Gasteiger partial charge in [0.2, 0.25) is 15.9 Å². The van der Waals surface area contributed by atoms with E-state index in [4.69, 9.17) is 21.1 Å². The normalized spacial score (nSPS) is 23.7. The number of amides is 4. The first-order chi connectivity index (χ1) is 18.1. The average Bonchev–Trinajstić information content (AvgIpc) is 3.18. The number of nitrogens with one attached hydrogen (secondary N) is 2. The van der Waals surface area contributed by atoms with Gasteiger partial charge in [-0.25, -0.2) is 27.3 Å². The van der Waals surface area contributed by atoms with Crippen LogP contribution in [0.15, 0.2) is 18.3 Å². The SMILES string of the molecule is CCCCOC(=O)N1CCC(C2(CS(=O)(=O)N3CCC(Oc4ccc(Cl)cn4)CC3)NC(=O)NC2=O)CC1. The first kappa shape index (κ1) is 28.4. The van der Waals surface area contributed by atoms with Crippen molar-refractivity contribution in [3.05, 3.63) is 23.4 Å². The van der Waals surface area contributed by atoms with Crippen LogP contribution in [0.1, 0.15) is 45.4 Å². The number of rotatable bonds is 9. The minimum absolute atomic E-state index is 0.208. The Balaban J connectivity index is 1.38. The Labute approximate surface area is 227 Å². The standard InChI is InChI=1S/C24H34ClN5O7S/c1-2-3-14-36-23(33)29-10-6-17(7-11-29)24(21(31)27-22(32)28-24)16-38(34,35)30-12-8-19(9-13-30)37-20-5-4-18(25)15-26-20/h4-5,15,17,19H,2-3,6-14,16H2,1H3,(H2,27,28,31,32). The highest BCUT2D eigenvalue weighted by Crippen LogP contribution is 2.34. The number of aromatic nitrogens is 1. The largest absolute Gasteiger partial charge is 0.474 e. The molecule has 38 heavy (non-hydrogen) atoms. The first-order valence-electron chi connectivity index (χ1n) is 12.9. The molecule has 2 N–H and O–H groups in total. The number of halogens is 1. The van der Waals surface area contributed by atoms with E-state index in [0.29, 0.717) is 56.3 Å². The van der Waals surface area contributed by atoms with Gasteiger partial charge >= 0.3 is 12.1 Å². The molecule has 3 fully saturated rings. The van der Waals surface area contributed by atoms with Gasteiger partial charge in [-0.3, -0.25) is 10.1 Å². The summed E-state index contributed by atoms with van der Waals surface area (Å²) in [7, 11) is -3.91. The van der Waals surface area contributed by atoms with E-state index in [1.807, 2.05) is 6.92 Å². The minimum Gasteiger partial charge on any atom is -0.474 e. The number of unbranched alkanes of at least 4 members (excludes halogenated alkanes) is 1. The van der Waals surface area contributed by atoms with Crippen LogP contribution in [0.2, 0.25) is 5.02 Å². The number of piperidine rings is 2. The topological polar surface area (TPSA) is 147 Å². The molecule has 0 aliphatic carbocycles. The fraction of sp³-hybridized carbons (Fsp3) is 0.667. The number of imide groups is 1. The van der Waals surface area contributed by atoms with E-state index in [2.05, 4.69) is 15.6 Å². The zero-order valence-corrected chi connectivity index (χ0v) is 22.9. The predicted molar refractivity (Wildman–Crippen MR) is 138 cm³/mol. The number of urea groups is 1. The second-order valence-corrected chi connectivity index (χ2v) is 12.3. The molecule has 3 aliphatic heterocycles. The lowest BCUT2D eigenvalue weighted by atomic mass is 9.79. The number of hydrogen-bond donors (Lipinski definition) is 2. The van der Waals surface area contributed by atoms with Gasteiger partial charge in [-0.05, 0) is 44.1 Å². The van der Waals surface area contributed by atoms with Crippen LogP contribution in [0.4, 0.5) is 9.59 Å². The molecule has 0 bridgehead atoms. The summed E-state index contributed by atoms with van der Waals surface area (Å²) in [6, 6.07) is 2.62. The molecular weight excluding hydrogens is 538 g/mol. The molecule has 1 aromatic rings. The van der Waals surface area contributed by atoms with Crippen LogP contribution in [0.5, 0.6) is 5.88 Å². The molecule has 210 valence electrons. The second-order valence-electron chi connectivity index (χ2n) is 9.90. The van der Waals surface area contributed by atoms with Crippen LogP contribution in [0.3, 0.4) is 0 Å². The van der Waals surface area contributed by atoms with Crippen molar-refractivity contribution in [2.75, 3.05) is 38.5 Å². The number of hydrogen-bond acceptors (Lipinski definition) is 8. The van der Waals surface area contributed by atoms with E-state index in [9.17, 15) is 22.8 Å². The number of carbonyl (C=O) groups excluding carboxylic acids is 3. The average molecular weight is 572 g/mol. The van der Waals surface area contributed by atoms with Crippen LogP contribution in [0.25, 0.3) is 0 Å². The zero-order valence-electron chi connectivity index (χ0n) is 21.4. The van der Waals surface area contributed by atoms with Crippen molar-refractivity contribution < 1.29 is 32.3 Å². The molecular formula is C24H34ClN5O7S. The lowest BCUT2D eigenvalue weighted by Gasteiger charge is -2.41. The molecule has 4 rings (SSSR count). The zero-order chi connectivity index (χ0) is 27.3. The summed E-state index contributed by atoms with van der Waals surface area (Å²) < 4.78 is 39.5. The summed E-state index contributed by atoms with van der Waals surface area (Å²) in [5, 5.41) is 5.35. The molecule has 1 atom stereocenters. The second kappa shape index (κ2) is 12.0. The molecule has 3 aliphatic rings. The quantitative estimate of drug-likeness (QED) is 0.338. The molecule has 12 nitrogen and oxygen atoms in total. The number of carbonyl (C=O) groups is 3. The van der Waals surface area contributed by atoms with E-state index in [1.165, 1.54) is 10.5 Å². The van der Waals surface area contributed by atoms with Crippen molar-refractivity contribution in [1.82, 2.24) is 24.8 Å². The molecule has 1 aromatic heterocycles. The van der Waals surface area contributed by atoms with Gasteiger partial charge in [0, 0.05) is 38.4 Å². The summed E-state index contributed by atoms with van der Waals surface area (Å²) >= 11 is 5.86. The Morgan fingerprint density at radius 1 is 1.16 bits per heavy atom. The third-order valence-corrected chi connectivity index (χ3v) is 9.53. The van der Waals surface area contributed by atoms with E-state index < -0.39 is 45.3 Å². The van der Waals surface area contributed by atoms with E-state index in [0.717, 1.165) is 12.8 Å². The van der Waals surface area contributed by atoms with Crippen molar-refractivity contribution in [3.8, 4) is 5.88 Å². The van der Waals surface area contributed by atoms with Gasteiger partial charge in [-0.15, -0.1) is 0 Å². The van der Waals surface area contributed by atoms with Crippen molar-refractivity contribution in [2.45, 2.75) is 57.1 Å². The van der Waals surface area contributed by atoms with Gasteiger partial charge in [0.05, 0.1) is 17.4 Å². The third-order valence-electron chi connectivity index (χ3n) is 7.33. The van der Waals surface area contributed by atoms with Crippen molar-refractivity contribution >= 4 is 39.7 Å². The highest BCUT2D eigenvalue weighted by molar-refractivity contribution is 7.89. The van der Waals surface area contributed by atoms with Gasteiger partial charge in [0.15, 0.2) is 0 Å². The molecule has 0 saturated carbocycles. The summed E-state index contributed by atoms with van der Waals surface area (Å²) in [5.41, 5.74) is -1.60. The number of nitrogens with zero attached hydrogens (tertiary/aromatic N) is 3. The lowest BCUT2D eigenvalue weighted by Crippen LogP contribution is -2.62. The van der Waals surface area contributed by atoms with Gasteiger partial charge in [-0.1, -0.05) is 24.9 Å². The van der Waals surface area contributed by atoms with Crippen molar-refractivity contribution in [3.63, 3.8) is 0 Å². The van der Waals surface area contributed by atoms with E-state index >= 15 is 0 Å². The Hall–Kier alpha value is -2.64. The van der Waals surface area contributed by atoms with Gasteiger partial charge in [0.1, 0.15) is 11.6 Å². The number of likely N-dealkylation sites (tertiary alicyclic amines) is 1.